The summed E-state index contributed by atoms with van der Waals surface area (Å²) in [5.41, 5.74) is 0.644. The summed E-state index contributed by atoms with van der Waals surface area (Å²) >= 11 is 6.66. The number of benzene rings is 1. The van der Waals surface area contributed by atoms with Crippen molar-refractivity contribution in [1.82, 2.24) is 0 Å². The van der Waals surface area contributed by atoms with Crippen LogP contribution >= 0.6 is 42.5 Å². The Labute approximate surface area is 126 Å². The Morgan fingerprint density at radius 1 is 1.33 bits per heavy atom. The van der Waals surface area contributed by atoms with Crippen molar-refractivity contribution in [3.63, 3.8) is 0 Å². The van der Waals surface area contributed by atoms with Crippen molar-refractivity contribution in [3.8, 4) is 0 Å². The molecule has 0 aliphatic carbocycles. The summed E-state index contributed by atoms with van der Waals surface area (Å²) in [4.78, 5) is 13.3. The second-order valence-corrected chi connectivity index (χ2v) is 8.58. The fourth-order valence-electron chi connectivity index (χ4n) is 1.80. The number of nitrogens with zero attached hydrogens (tertiary/aromatic N) is 1. The molecular weight excluding hydrogens is 409 g/mol. The van der Waals surface area contributed by atoms with E-state index in [1.54, 1.807) is 18.2 Å². The lowest BCUT2D eigenvalue weighted by atomic mass is 10.3. The van der Waals surface area contributed by atoms with E-state index in [0.717, 1.165) is 8.95 Å². The van der Waals surface area contributed by atoms with Crippen molar-refractivity contribution in [3.05, 3.63) is 27.1 Å². The maximum absolute atomic E-state index is 11.8. The smallest absolute Gasteiger partial charge is 0.237 e. The highest BCUT2D eigenvalue weighted by molar-refractivity contribution is 9.11. The Morgan fingerprint density at radius 3 is 2.50 bits per heavy atom. The zero-order valence-corrected chi connectivity index (χ0v) is 13.7. The summed E-state index contributed by atoms with van der Waals surface area (Å²) in [6.07, 6.45) is -0.0751. The Balaban J connectivity index is 2.33. The first-order chi connectivity index (χ1) is 8.29. The van der Waals surface area contributed by atoms with Gasteiger partial charge in [-0.1, -0.05) is 15.9 Å². The molecule has 1 unspecified atom stereocenters. The third-order valence-corrected chi connectivity index (χ3v) is 5.68. The molecule has 0 N–H and O–H groups in total. The monoisotopic (exact) mass is 415 g/mol. The average Bonchev–Trinajstić information content (AvgIpc) is 2.60. The van der Waals surface area contributed by atoms with Gasteiger partial charge in [0.2, 0.25) is 15.0 Å². The molecule has 4 nitrogen and oxygen atoms in total. The molecule has 2 rings (SSSR count). The fourth-order valence-corrected chi connectivity index (χ4v) is 4.08. The first-order valence-electron chi connectivity index (χ1n) is 4.98. The van der Waals surface area contributed by atoms with Crippen LogP contribution in [0.4, 0.5) is 5.69 Å². The molecule has 8 heteroatoms. The van der Waals surface area contributed by atoms with Crippen molar-refractivity contribution in [1.29, 1.82) is 0 Å². The quantitative estimate of drug-likeness (QED) is 0.696. The molecule has 0 radical (unpaired) electrons. The van der Waals surface area contributed by atoms with Crippen molar-refractivity contribution < 1.29 is 13.2 Å². The highest BCUT2D eigenvalue weighted by Gasteiger charge is 2.38. The van der Waals surface area contributed by atoms with E-state index in [-0.39, 0.29) is 18.9 Å². The minimum absolute atomic E-state index is 0.0751. The number of carbonyl (C=O) groups is 1. The SMILES string of the molecule is O=C1CC(S(=O)(=O)Cl)CN1c1ccc(Br)cc1Br. The lowest BCUT2D eigenvalue weighted by Crippen LogP contribution is -2.27. The van der Waals surface area contributed by atoms with Gasteiger partial charge in [0, 0.05) is 32.6 Å². The summed E-state index contributed by atoms with van der Waals surface area (Å²) < 4.78 is 24.1. The molecule has 18 heavy (non-hydrogen) atoms. The van der Waals surface area contributed by atoms with E-state index in [2.05, 4.69) is 31.9 Å². The summed E-state index contributed by atoms with van der Waals surface area (Å²) in [5.74, 6) is -0.243. The van der Waals surface area contributed by atoms with Gasteiger partial charge in [-0.2, -0.15) is 0 Å². The molecule has 1 amide bonds. The summed E-state index contributed by atoms with van der Waals surface area (Å²) in [7, 11) is 1.58. The number of carbonyl (C=O) groups excluding carboxylic acids is 1. The number of hydrogen-bond donors (Lipinski definition) is 0. The zero-order chi connectivity index (χ0) is 13.5. The number of rotatable bonds is 2. The number of halogens is 3. The van der Waals surface area contributed by atoms with E-state index in [4.69, 9.17) is 10.7 Å². The van der Waals surface area contributed by atoms with E-state index in [0.29, 0.717) is 5.69 Å². The summed E-state index contributed by atoms with van der Waals surface area (Å²) in [6, 6.07) is 5.33. The van der Waals surface area contributed by atoms with Gasteiger partial charge >= 0.3 is 0 Å². The van der Waals surface area contributed by atoms with Crippen LogP contribution in [0.25, 0.3) is 0 Å². The molecule has 1 aliphatic rings. The molecule has 1 heterocycles. The van der Waals surface area contributed by atoms with E-state index < -0.39 is 14.3 Å². The van der Waals surface area contributed by atoms with E-state index in [9.17, 15) is 13.2 Å². The Kier molecular flexibility index (Phi) is 4.06. The summed E-state index contributed by atoms with van der Waals surface area (Å²) in [6.45, 7) is 0.0882. The number of anilines is 1. The van der Waals surface area contributed by atoms with Crippen LogP contribution in [-0.4, -0.2) is 26.1 Å². The van der Waals surface area contributed by atoms with Crippen molar-refractivity contribution in [2.24, 2.45) is 0 Å². The van der Waals surface area contributed by atoms with Crippen LogP contribution in [0.15, 0.2) is 27.1 Å². The standard InChI is InChI=1S/C10H8Br2ClNO3S/c11-6-1-2-9(8(12)3-6)14-5-7(4-10(14)15)18(13,16)17/h1-3,7H,4-5H2. The van der Waals surface area contributed by atoms with Gasteiger partial charge < -0.3 is 4.90 Å². The van der Waals surface area contributed by atoms with Gasteiger partial charge in [0.1, 0.15) is 5.25 Å². The fraction of sp³-hybridized carbons (Fsp3) is 0.300. The van der Waals surface area contributed by atoms with Crippen LogP contribution in [0.5, 0.6) is 0 Å². The van der Waals surface area contributed by atoms with Crippen molar-refractivity contribution in [2.75, 3.05) is 11.4 Å². The average molecular weight is 418 g/mol. The Hall–Kier alpha value is -0.110. The first kappa shape index (κ1) is 14.3. The number of amides is 1. The zero-order valence-electron chi connectivity index (χ0n) is 8.94. The van der Waals surface area contributed by atoms with Gasteiger partial charge in [-0.3, -0.25) is 4.79 Å². The predicted molar refractivity (Wildman–Crippen MR) is 77.4 cm³/mol. The molecule has 1 saturated heterocycles. The Morgan fingerprint density at radius 2 is 2.00 bits per heavy atom. The molecule has 98 valence electrons. The van der Waals surface area contributed by atoms with Crippen LogP contribution in [0, 0.1) is 0 Å². The van der Waals surface area contributed by atoms with E-state index in [1.807, 2.05) is 0 Å². The van der Waals surface area contributed by atoms with Gasteiger partial charge in [0.25, 0.3) is 0 Å². The molecule has 1 aromatic carbocycles. The topological polar surface area (TPSA) is 54.5 Å². The van der Waals surface area contributed by atoms with E-state index in [1.165, 1.54) is 4.90 Å². The van der Waals surface area contributed by atoms with Crippen LogP contribution in [0.1, 0.15) is 6.42 Å². The third-order valence-electron chi connectivity index (χ3n) is 2.69. The minimum atomic E-state index is -3.71. The minimum Gasteiger partial charge on any atom is -0.310 e. The second kappa shape index (κ2) is 5.11. The van der Waals surface area contributed by atoms with Gasteiger partial charge in [0.15, 0.2) is 0 Å². The molecule has 1 aliphatic heterocycles. The predicted octanol–water partition coefficient (Wildman–Crippen LogP) is 2.89. The molecule has 0 aromatic heterocycles. The first-order valence-corrected chi connectivity index (χ1v) is 8.94. The van der Waals surface area contributed by atoms with Gasteiger partial charge in [-0.05, 0) is 34.1 Å². The van der Waals surface area contributed by atoms with Crippen LogP contribution in [-0.2, 0) is 13.8 Å². The summed E-state index contributed by atoms with van der Waals surface area (Å²) in [5, 5.41) is -0.845. The molecule has 0 saturated carbocycles. The number of hydrogen-bond acceptors (Lipinski definition) is 3. The van der Waals surface area contributed by atoms with Gasteiger partial charge in [-0.15, -0.1) is 0 Å². The van der Waals surface area contributed by atoms with Gasteiger partial charge in [-0.25, -0.2) is 8.42 Å². The van der Waals surface area contributed by atoms with Crippen molar-refractivity contribution in [2.45, 2.75) is 11.7 Å². The normalized spacial score (nSPS) is 20.5. The molecule has 0 bridgehead atoms. The lowest BCUT2D eigenvalue weighted by molar-refractivity contribution is -0.117. The van der Waals surface area contributed by atoms with E-state index >= 15 is 0 Å². The lowest BCUT2D eigenvalue weighted by Gasteiger charge is -2.18. The third kappa shape index (κ3) is 2.89. The maximum Gasteiger partial charge on any atom is 0.237 e. The van der Waals surface area contributed by atoms with Crippen molar-refractivity contribution >= 4 is 63.2 Å². The molecule has 0 spiro atoms. The highest BCUT2D eigenvalue weighted by Crippen LogP contribution is 2.33. The van der Waals surface area contributed by atoms with Crippen LogP contribution in [0.2, 0.25) is 0 Å². The Bertz CT molecular complexity index is 605. The molecule has 1 fully saturated rings. The van der Waals surface area contributed by atoms with Gasteiger partial charge in [0.05, 0.1) is 5.69 Å². The van der Waals surface area contributed by atoms with Crippen LogP contribution < -0.4 is 4.90 Å². The molecule has 1 aromatic rings. The second-order valence-electron chi connectivity index (χ2n) is 3.90. The maximum atomic E-state index is 11.8. The van der Waals surface area contributed by atoms with Crippen LogP contribution in [0.3, 0.4) is 0 Å². The molecular formula is C10H8Br2ClNO3S. The molecule has 1 atom stereocenters. The largest absolute Gasteiger partial charge is 0.310 e. The highest BCUT2D eigenvalue weighted by atomic mass is 79.9.